The molecule has 12 nitrogen and oxygen atoms in total. The molecule has 2 aromatic heterocycles. The Kier molecular flexibility index (Phi) is 11.3. The molecule has 278 valence electrons. The van der Waals surface area contributed by atoms with E-state index in [0.29, 0.717) is 24.6 Å². The summed E-state index contributed by atoms with van der Waals surface area (Å²) >= 11 is 6.42. The molecule has 0 bridgehead atoms. The second-order valence-electron chi connectivity index (χ2n) is 13.7. The molecule has 1 fully saturated rings. The molecule has 2 amide bonds. The minimum absolute atomic E-state index is 0.0245. The standard InChI is InChI=1S/C34H38ClF5N10O2/c1-19(34(38,39)40)30(51)43-17-27(22-9-12-24(35)26(15-22)49-29(28(36)37)44-18-46-49)48(32(41)42-14-13-33(2,3)4)31(52)21-7-5-20(6-8-21)25-16-45-50(47-25)23-10-11-23/h5-9,12,15-16,18-19,23,27-28H,10-11,13-14,17H2,1-4H3,(H2,41,42)(H,43,51)/t19-,27+/m0/s1. The van der Waals surface area contributed by atoms with Gasteiger partial charge in [-0.15, -0.1) is 0 Å². The zero-order valence-corrected chi connectivity index (χ0v) is 29.5. The Bertz CT molecular complexity index is 1920. The first-order valence-corrected chi connectivity index (χ1v) is 16.8. The molecule has 2 heterocycles. The highest BCUT2D eigenvalue weighted by molar-refractivity contribution is 6.32. The second-order valence-corrected chi connectivity index (χ2v) is 14.1. The lowest BCUT2D eigenvalue weighted by Crippen LogP contribution is -2.49. The molecule has 0 aliphatic heterocycles. The van der Waals surface area contributed by atoms with Crippen molar-refractivity contribution >= 4 is 29.4 Å². The number of guanidine groups is 1. The number of hydrogen-bond acceptors (Lipinski definition) is 7. The summed E-state index contributed by atoms with van der Waals surface area (Å²) in [4.78, 5) is 38.0. The molecule has 18 heteroatoms. The first-order valence-electron chi connectivity index (χ1n) is 16.4. The third kappa shape index (κ3) is 9.10. The van der Waals surface area contributed by atoms with Gasteiger partial charge in [0.05, 0.1) is 29.0 Å². The molecular weight excluding hydrogens is 711 g/mol. The van der Waals surface area contributed by atoms with E-state index in [0.717, 1.165) is 28.8 Å². The number of aliphatic imine (C=N–C) groups is 1. The summed E-state index contributed by atoms with van der Waals surface area (Å²) in [5.74, 6) is -5.47. The molecule has 0 radical (unpaired) electrons. The number of nitrogens with zero attached hydrogens (tertiary/aromatic N) is 8. The van der Waals surface area contributed by atoms with Gasteiger partial charge in [-0.2, -0.15) is 33.3 Å². The largest absolute Gasteiger partial charge is 0.400 e. The van der Waals surface area contributed by atoms with E-state index >= 15 is 0 Å². The lowest BCUT2D eigenvalue weighted by atomic mass is 9.92. The van der Waals surface area contributed by atoms with E-state index in [-0.39, 0.29) is 45.8 Å². The maximum absolute atomic E-state index is 14.5. The molecule has 2 aromatic carbocycles. The third-order valence-electron chi connectivity index (χ3n) is 8.43. The highest BCUT2D eigenvalue weighted by Crippen LogP contribution is 2.34. The number of carbonyl (C=O) groups excluding carboxylic acids is 2. The number of aromatic nitrogens is 6. The van der Waals surface area contributed by atoms with Crippen molar-refractivity contribution in [3.05, 3.63) is 77.0 Å². The van der Waals surface area contributed by atoms with E-state index < -0.39 is 48.7 Å². The Hall–Kier alpha value is -4.93. The van der Waals surface area contributed by atoms with Gasteiger partial charge in [0, 0.05) is 24.2 Å². The van der Waals surface area contributed by atoms with Crippen molar-refractivity contribution in [3.8, 4) is 16.9 Å². The number of nitrogens with two attached hydrogens (primary N) is 1. The molecular formula is C34H38ClF5N10O2. The van der Waals surface area contributed by atoms with Gasteiger partial charge in [-0.1, -0.05) is 50.6 Å². The Balaban J connectivity index is 1.58. The van der Waals surface area contributed by atoms with Crippen LogP contribution in [0.3, 0.4) is 0 Å². The van der Waals surface area contributed by atoms with E-state index in [4.69, 9.17) is 17.3 Å². The van der Waals surface area contributed by atoms with Crippen molar-refractivity contribution < 1.29 is 31.5 Å². The number of nitrogens with one attached hydrogen (secondary N) is 1. The summed E-state index contributed by atoms with van der Waals surface area (Å²) in [5, 5.41) is 15.0. The van der Waals surface area contributed by atoms with Crippen molar-refractivity contribution in [1.29, 1.82) is 0 Å². The van der Waals surface area contributed by atoms with Crippen molar-refractivity contribution in [3.63, 3.8) is 0 Å². The summed E-state index contributed by atoms with van der Waals surface area (Å²) in [6.07, 6.45) is -2.81. The average molecular weight is 749 g/mol. The lowest BCUT2D eigenvalue weighted by Gasteiger charge is -2.32. The van der Waals surface area contributed by atoms with Crippen LogP contribution in [0.15, 0.2) is 60.0 Å². The number of alkyl halides is 5. The van der Waals surface area contributed by atoms with Crippen LogP contribution in [0.25, 0.3) is 16.9 Å². The van der Waals surface area contributed by atoms with Gasteiger partial charge >= 0.3 is 6.18 Å². The maximum Gasteiger partial charge on any atom is 0.400 e. The molecule has 5 rings (SSSR count). The maximum atomic E-state index is 14.5. The smallest absolute Gasteiger partial charge is 0.369 e. The van der Waals surface area contributed by atoms with Crippen molar-refractivity contribution in [2.45, 2.75) is 71.6 Å². The zero-order chi connectivity index (χ0) is 38.0. The summed E-state index contributed by atoms with van der Waals surface area (Å²) in [7, 11) is 0. The predicted molar refractivity (Wildman–Crippen MR) is 183 cm³/mol. The number of amides is 2. The van der Waals surface area contributed by atoms with Crippen molar-refractivity contribution in [1.82, 2.24) is 40.0 Å². The van der Waals surface area contributed by atoms with Crippen LogP contribution in [0, 0.1) is 11.3 Å². The Morgan fingerprint density at radius 3 is 2.40 bits per heavy atom. The SMILES string of the molecule is C[C@@H](C(=O)NC[C@H](c1ccc(Cl)c(-n2ncnc2C(F)F)c1)N(C(=O)c1ccc(-c2cnn(C3CC3)n2)cc1)C(N)=NCCC(C)(C)C)C(F)(F)F. The van der Waals surface area contributed by atoms with E-state index in [1.807, 2.05) is 20.8 Å². The van der Waals surface area contributed by atoms with Gasteiger partial charge < -0.3 is 11.1 Å². The summed E-state index contributed by atoms with van der Waals surface area (Å²) in [6.45, 7) is 6.26. The van der Waals surface area contributed by atoms with E-state index in [1.165, 1.54) is 30.3 Å². The van der Waals surface area contributed by atoms with E-state index in [1.54, 1.807) is 23.1 Å². The fourth-order valence-electron chi connectivity index (χ4n) is 5.14. The number of benzene rings is 2. The van der Waals surface area contributed by atoms with Crippen LogP contribution in [0.5, 0.6) is 0 Å². The van der Waals surface area contributed by atoms with Crippen LogP contribution in [0.2, 0.25) is 5.02 Å². The molecule has 3 N–H and O–H groups in total. The third-order valence-corrected chi connectivity index (χ3v) is 8.75. The van der Waals surface area contributed by atoms with Gasteiger partial charge in [0.15, 0.2) is 11.8 Å². The van der Waals surface area contributed by atoms with Crippen LogP contribution < -0.4 is 11.1 Å². The number of carbonyl (C=O) groups is 2. The molecule has 0 spiro atoms. The molecule has 1 saturated carbocycles. The quantitative estimate of drug-likeness (QED) is 0.0931. The highest BCUT2D eigenvalue weighted by Gasteiger charge is 2.42. The Morgan fingerprint density at radius 1 is 1.10 bits per heavy atom. The minimum atomic E-state index is -4.85. The summed E-state index contributed by atoms with van der Waals surface area (Å²) < 4.78 is 69.0. The minimum Gasteiger partial charge on any atom is -0.369 e. The molecule has 52 heavy (non-hydrogen) atoms. The van der Waals surface area contributed by atoms with Gasteiger partial charge in [0.25, 0.3) is 12.3 Å². The molecule has 4 aromatic rings. The highest BCUT2D eigenvalue weighted by atomic mass is 35.5. The first kappa shape index (κ1) is 38.3. The van der Waals surface area contributed by atoms with Gasteiger partial charge in [-0.3, -0.25) is 19.5 Å². The summed E-state index contributed by atoms with van der Waals surface area (Å²) in [5.41, 5.74) is 7.86. The van der Waals surface area contributed by atoms with Crippen molar-refractivity contribution in [2.24, 2.45) is 22.1 Å². The molecule has 1 aliphatic rings. The Morgan fingerprint density at radius 2 is 1.79 bits per heavy atom. The van der Waals surface area contributed by atoms with Gasteiger partial charge in [0.1, 0.15) is 17.9 Å². The zero-order valence-electron chi connectivity index (χ0n) is 28.8. The predicted octanol–water partition coefficient (Wildman–Crippen LogP) is 6.70. The molecule has 0 unspecified atom stereocenters. The van der Waals surface area contributed by atoms with Gasteiger partial charge in [-0.25, -0.2) is 18.4 Å². The topological polar surface area (TPSA) is 149 Å². The normalized spacial score (nSPS) is 15.1. The fraction of sp³-hybridized carbons (Fsp3) is 0.441. The Labute approximate surface area is 301 Å². The van der Waals surface area contributed by atoms with E-state index in [2.05, 4.69) is 30.6 Å². The first-order chi connectivity index (χ1) is 24.4. The van der Waals surface area contributed by atoms with Crippen LogP contribution >= 0.6 is 11.6 Å². The van der Waals surface area contributed by atoms with Crippen LogP contribution in [0.4, 0.5) is 22.0 Å². The lowest BCUT2D eigenvalue weighted by molar-refractivity contribution is -0.178. The van der Waals surface area contributed by atoms with E-state index in [9.17, 15) is 31.5 Å². The average Bonchev–Trinajstić information content (AvgIpc) is 3.59. The molecule has 2 atom stereocenters. The molecule has 0 saturated heterocycles. The van der Waals surface area contributed by atoms with Gasteiger partial charge in [-0.05, 0) is 61.4 Å². The van der Waals surface area contributed by atoms with Crippen LogP contribution in [0.1, 0.15) is 87.2 Å². The second kappa shape index (κ2) is 15.4. The van der Waals surface area contributed by atoms with Crippen molar-refractivity contribution in [2.75, 3.05) is 13.1 Å². The number of hydrogen-bond donors (Lipinski definition) is 2. The molecule has 1 aliphatic carbocycles. The fourth-order valence-corrected chi connectivity index (χ4v) is 5.34. The monoisotopic (exact) mass is 748 g/mol. The summed E-state index contributed by atoms with van der Waals surface area (Å²) in [6, 6.07) is 9.44. The number of rotatable bonds is 12. The van der Waals surface area contributed by atoms with Crippen LogP contribution in [-0.2, 0) is 4.79 Å². The number of halogens is 6. The van der Waals surface area contributed by atoms with Crippen LogP contribution in [-0.4, -0.2) is 71.7 Å². The van der Waals surface area contributed by atoms with Gasteiger partial charge in [0.2, 0.25) is 5.91 Å².